The third-order valence-corrected chi connectivity index (χ3v) is 5.44. The summed E-state index contributed by atoms with van der Waals surface area (Å²) in [5.41, 5.74) is 6.34. The Balaban J connectivity index is 0.000000163. The SMILES string of the molecule is [Ru].c1ccc(Cc2ccccn2)nc1.c1ccc(Cc2ccccn2)nc1.c1ccc(Cc2ccccn2)nc1. The molecule has 0 radical (unpaired) electrons. The largest absolute Gasteiger partial charge is 0.261 e. The molecule has 0 aliphatic carbocycles. The second-order valence-corrected chi connectivity index (χ2v) is 8.46. The molecule has 0 aliphatic rings. The molecule has 0 saturated carbocycles. The Kier molecular flexibility index (Phi) is 13.5. The van der Waals surface area contributed by atoms with Crippen LogP contribution >= 0.6 is 0 Å². The van der Waals surface area contributed by atoms with E-state index in [1.165, 1.54) is 0 Å². The van der Waals surface area contributed by atoms with Crippen molar-refractivity contribution in [3.05, 3.63) is 181 Å². The first-order chi connectivity index (χ1) is 19.3. The van der Waals surface area contributed by atoms with Crippen molar-refractivity contribution in [3.8, 4) is 0 Å². The zero-order chi connectivity index (χ0) is 26.8. The molecule has 6 aromatic rings. The predicted octanol–water partition coefficient (Wildman–Crippen LogP) is 6.20. The molecule has 0 spiro atoms. The van der Waals surface area contributed by atoms with Gasteiger partial charge in [-0.15, -0.1) is 0 Å². The molecule has 40 heavy (non-hydrogen) atoms. The fourth-order valence-electron chi connectivity index (χ4n) is 3.57. The van der Waals surface area contributed by atoms with E-state index in [4.69, 9.17) is 0 Å². The van der Waals surface area contributed by atoms with Gasteiger partial charge >= 0.3 is 0 Å². The number of nitrogens with zero attached hydrogens (tertiary/aromatic N) is 6. The van der Waals surface area contributed by atoms with Crippen LogP contribution in [0.1, 0.15) is 34.2 Å². The van der Waals surface area contributed by atoms with Crippen molar-refractivity contribution in [2.24, 2.45) is 0 Å². The minimum Gasteiger partial charge on any atom is -0.261 e. The first-order valence-electron chi connectivity index (χ1n) is 12.7. The van der Waals surface area contributed by atoms with Gasteiger partial charge in [-0.05, 0) is 72.8 Å². The van der Waals surface area contributed by atoms with Crippen LogP contribution in [0.15, 0.2) is 146 Å². The van der Waals surface area contributed by atoms with E-state index in [0.29, 0.717) is 0 Å². The first-order valence-corrected chi connectivity index (χ1v) is 12.7. The van der Waals surface area contributed by atoms with Gasteiger partial charge in [0.2, 0.25) is 0 Å². The van der Waals surface area contributed by atoms with Crippen LogP contribution in [0.4, 0.5) is 0 Å². The molecule has 6 heterocycles. The Morgan fingerprint density at radius 2 is 0.450 bits per heavy atom. The molecule has 6 aromatic heterocycles. The van der Waals surface area contributed by atoms with Crippen molar-refractivity contribution >= 4 is 0 Å². The Labute approximate surface area is 248 Å². The average molecular weight is 612 g/mol. The van der Waals surface area contributed by atoms with Crippen LogP contribution in [0.25, 0.3) is 0 Å². The van der Waals surface area contributed by atoms with Gasteiger partial charge < -0.3 is 0 Å². The van der Waals surface area contributed by atoms with Crippen LogP contribution in [0.5, 0.6) is 0 Å². The molecule has 0 amide bonds. The molecule has 6 rings (SSSR count). The van der Waals surface area contributed by atoms with E-state index >= 15 is 0 Å². The maximum atomic E-state index is 4.23. The summed E-state index contributed by atoms with van der Waals surface area (Å²) in [5, 5.41) is 0. The quantitative estimate of drug-likeness (QED) is 0.209. The second kappa shape index (κ2) is 17.9. The number of pyridine rings is 6. The maximum Gasteiger partial charge on any atom is 0.0463 e. The number of hydrogen-bond acceptors (Lipinski definition) is 6. The summed E-state index contributed by atoms with van der Waals surface area (Å²) in [6, 6.07) is 35.5. The van der Waals surface area contributed by atoms with Gasteiger partial charge in [-0.3, -0.25) is 29.9 Å². The van der Waals surface area contributed by atoms with Crippen molar-refractivity contribution in [1.29, 1.82) is 0 Å². The van der Waals surface area contributed by atoms with Gasteiger partial charge in [-0.2, -0.15) is 0 Å². The van der Waals surface area contributed by atoms with Gasteiger partial charge in [0.05, 0.1) is 0 Å². The molecule has 0 bridgehead atoms. The van der Waals surface area contributed by atoms with E-state index in [0.717, 1.165) is 53.4 Å². The van der Waals surface area contributed by atoms with Crippen molar-refractivity contribution in [2.75, 3.05) is 0 Å². The second-order valence-electron chi connectivity index (χ2n) is 8.46. The molecule has 0 aliphatic heterocycles. The fourth-order valence-corrected chi connectivity index (χ4v) is 3.57. The first kappa shape index (κ1) is 30.1. The summed E-state index contributed by atoms with van der Waals surface area (Å²) >= 11 is 0. The number of hydrogen-bond donors (Lipinski definition) is 0. The standard InChI is InChI=1S/3C11H10N2.Ru/c3*1-3-7-12-10(5-1)9-11-6-2-4-8-13-11;/h3*1-8H,9H2;. The smallest absolute Gasteiger partial charge is 0.0463 e. The van der Waals surface area contributed by atoms with Crippen LogP contribution in [0.3, 0.4) is 0 Å². The minimum absolute atomic E-state index is 0. The van der Waals surface area contributed by atoms with Gasteiger partial charge in [0.1, 0.15) is 0 Å². The molecule has 0 atom stereocenters. The van der Waals surface area contributed by atoms with Gasteiger partial charge in [0.25, 0.3) is 0 Å². The van der Waals surface area contributed by atoms with E-state index in [2.05, 4.69) is 29.9 Å². The van der Waals surface area contributed by atoms with Crippen LogP contribution in [-0.2, 0) is 38.7 Å². The summed E-state index contributed by atoms with van der Waals surface area (Å²) < 4.78 is 0. The minimum atomic E-state index is 0. The molecular formula is C33H30N6Ru. The zero-order valence-corrected chi connectivity index (χ0v) is 23.8. The summed E-state index contributed by atoms with van der Waals surface area (Å²) in [6.07, 6.45) is 13.2. The van der Waals surface area contributed by atoms with Gasteiger partial charge in [0.15, 0.2) is 0 Å². The van der Waals surface area contributed by atoms with Crippen LogP contribution in [0, 0.1) is 0 Å². The molecule has 200 valence electrons. The summed E-state index contributed by atoms with van der Waals surface area (Å²) in [6.45, 7) is 0. The van der Waals surface area contributed by atoms with E-state index in [-0.39, 0.29) is 19.5 Å². The molecule has 7 heteroatoms. The normalized spacial score (nSPS) is 9.60. The number of aromatic nitrogens is 6. The molecule has 0 fully saturated rings. The van der Waals surface area contributed by atoms with Crippen molar-refractivity contribution in [2.45, 2.75) is 19.3 Å². The zero-order valence-electron chi connectivity index (χ0n) is 22.0. The summed E-state index contributed by atoms with van der Waals surface area (Å²) in [5.74, 6) is 0. The Hall–Kier alpha value is -4.48. The van der Waals surface area contributed by atoms with Crippen molar-refractivity contribution in [1.82, 2.24) is 29.9 Å². The third-order valence-electron chi connectivity index (χ3n) is 5.44. The van der Waals surface area contributed by atoms with Crippen LogP contribution in [-0.4, -0.2) is 29.9 Å². The molecule has 0 N–H and O–H groups in total. The van der Waals surface area contributed by atoms with E-state index in [1.807, 2.05) is 109 Å². The van der Waals surface area contributed by atoms with Crippen LogP contribution in [0.2, 0.25) is 0 Å². The Bertz CT molecular complexity index is 1150. The number of rotatable bonds is 6. The molecule has 0 aromatic carbocycles. The third kappa shape index (κ3) is 11.5. The summed E-state index contributed by atoms with van der Waals surface area (Å²) in [7, 11) is 0. The fraction of sp³-hybridized carbons (Fsp3) is 0.0909. The predicted molar refractivity (Wildman–Crippen MR) is 154 cm³/mol. The molecule has 6 nitrogen and oxygen atoms in total. The summed E-state index contributed by atoms with van der Waals surface area (Å²) in [4.78, 5) is 25.4. The van der Waals surface area contributed by atoms with E-state index in [9.17, 15) is 0 Å². The van der Waals surface area contributed by atoms with Gasteiger partial charge in [-0.25, -0.2) is 0 Å². The van der Waals surface area contributed by atoms with Crippen molar-refractivity contribution < 1.29 is 19.5 Å². The van der Waals surface area contributed by atoms with Crippen LogP contribution < -0.4 is 0 Å². The average Bonchev–Trinajstić information content (AvgIpc) is 3.01. The molecular weight excluding hydrogens is 581 g/mol. The Morgan fingerprint density at radius 3 is 0.575 bits per heavy atom. The molecule has 0 unspecified atom stereocenters. The molecule has 0 saturated heterocycles. The van der Waals surface area contributed by atoms with E-state index in [1.54, 1.807) is 37.2 Å². The van der Waals surface area contributed by atoms with Gasteiger partial charge in [0, 0.05) is 110 Å². The Morgan fingerprint density at radius 1 is 0.275 bits per heavy atom. The van der Waals surface area contributed by atoms with Gasteiger partial charge in [-0.1, -0.05) is 36.4 Å². The maximum absolute atomic E-state index is 4.23. The van der Waals surface area contributed by atoms with Crippen molar-refractivity contribution in [3.63, 3.8) is 0 Å². The topological polar surface area (TPSA) is 77.3 Å². The van der Waals surface area contributed by atoms with E-state index < -0.39 is 0 Å². The monoisotopic (exact) mass is 612 g/mol.